The van der Waals surface area contributed by atoms with Crippen molar-refractivity contribution >= 4 is 37.5 Å². The maximum atomic E-state index is 4.88. The van der Waals surface area contributed by atoms with Gasteiger partial charge in [0, 0.05) is 15.5 Å². The highest BCUT2D eigenvalue weighted by Crippen LogP contribution is 2.55. The molecule has 5 aromatic rings. The van der Waals surface area contributed by atoms with Crippen LogP contribution in [0.15, 0.2) is 89.4 Å². The first-order valence-electron chi connectivity index (χ1n) is 15.5. The monoisotopic (exact) mass is 621 g/mol. The van der Waals surface area contributed by atoms with Gasteiger partial charge in [0.2, 0.25) is 0 Å². The molecule has 3 heteroatoms. The van der Waals surface area contributed by atoms with E-state index in [1.54, 1.807) is 22.5 Å². The molecule has 41 heavy (non-hydrogen) atoms. The Balaban J connectivity index is 1.38. The first kappa shape index (κ1) is 28.4. The lowest BCUT2D eigenvalue weighted by Gasteiger charge is -2.33. The van der Waals surface area contributed by atoms with Crippen molar-refractivity contribution < 1.29 is 0 Å². The molecule has 0 bridgehead atoms. The summed E-state index contributed by atoms with van der Waals surface area (Å²) in [5, 5.41) is 1.09. The van der Waals surface area contributed by atoms with Crippen LogP contribution in [0.1, 0.15) is 89.2 Å². The molecule has 0 spiro atoms. The molecule has 210 valence electrons. The topological polar surface area (TPSA) is 12.9 Å². The lowest BCUT2D eigenvalue weighted by molar-refractivity contribution is 0.401. The van der Waals surface area contributed by atoms with E-state index in [0.717, 1.165) is 10.5 Å². The van der Waals surface area contributed by atoms with E-state index >= 15 is 0 Å². The lowest BCUT2D eigenvalue weighted by Crippen LogP contribution is -2.25. The molecule has 0 unspecified atom stereocenters. The largest absolute Gasteiger partial charge is 0.236 e. The van der Waals surface area contributed by atoms with Gasteiger partial charge in [-0.25, -0.2) is 4.98 Å². The van der Waals surface area contributed by atoms with Gasteiger partial charge in [-0.2, -0.15) is 0 Å². The van der Waals surface area contributed by atoms with Gasteiger partial charge in [0.1, 0.15) is 5.01 Å². The SMILES string of the molecule is CCCCCCC1(CCCCCC)c2cc(Br)ccc2-c2ccc(-c3ccc(-c4nc5ccccc5s4)cc3)cc21. The van der Waals surface area contributed by atoms with Crippen LogP contribution >= 0.6 is 27.3 Å². The molecule has 6 rings (SSSR count). The van der Waals surface area contributed by atoms with Crippen LogP contribution in [0.5, 0.6) is 0 Å². The summed E-state index contributed by atoms with van der Waals surface area (Å²) in [6.07, 6.45) is 12.9. The molecule has 0 saturated heterocycles. The van der Waals surface area contributed by atoms with E-state index in [1.165, 1.54) is 101 Å². The van der Waals surface area contributed by atoms with Gasteiger partial charge in [0.05, 0.1) is 10.2 Å². The second kappa shape index (κ2) is 12.6. The molecule has 1 aromatic heterocycles. The molecule has 0 aliphatic heterocycles. The quantitative estimate of drug-likeness (QED) is 0.126. The highest BCUT2D eigenvalue weighted by molar-refractivity contribution is 9.10. The number of thiazole rings is 1. The summed E-state index contributed by atoms with van der Waals surface area (Å²) in [4.78, 5) is 4.88. The Hall–Kier alpha value is -2.75. The van der Waals surface area contributed by atoms with Crippen molar-refractivity contribution in [2.24, 2.45) is 0 Å². The van der Waals surface area contributed by atoms with Gasteiger partial charge < -0.3 is 0 Å². The molecule has 0 N–H and O–H groups in total. The number of unbranched alkanes of at least 4 members (excludes halogenated alkanes) is 6. The fraction of sp³-hybridized carbons (Fsp3) is 0.342. The number of aromatic nitrogens is 1. The van der Waals surface area contributed by atoms with Gasteiger partial charge in [-0.15, -0.1) is 11.3 Å². The van der Waals surface area contributed by atoms with E-state index in [0.29, 0.717) is 0 Å². The predicted molar refractivity (Wildman–Crippen MR) is 182 cm³/mol. The molecule has 1 aliphatic rings. The first-order chi connectivity index (χ1) is 20.1. The summed E-state index contributed by atoms with van der Waals surface area (Å²) in [5.74, 6) is 0. The summed E-state index contributed by atoms with van der Waals surface area (Å²) >= 11 is 5.60. The normalized spacial score (nSPS) is 13.4. The van der Waals surface area contributed by atoms with Crippen molar-refractivity contribution in [3.63, 3.8) is 0 Å². The fourth-order valence-electron chi connectivity index (χ4n) is 6.82. The van der Waals surface area contributed by atoms with E-state index in [4.69, 9.17) is 4.98 Å². The van der Waals surface area contributed by atoms with Crippen molar-refractivity contribution in [3.05, 3.63) is 101 Å². The van der Waals surface area contributed by atoms with Crippen LogP contribution in [0.25, 0.3) is 43.0 Å². The average molecular weight is 623 g/mol. The second-order valence-corrected chi connectivity index (χ2v) is 13.7. The Bertz CT molecular complexity index is 1590. The van der Waals surface area contributed by atoms with Crippen molar-refractivity contribution in [1.82, 2.24) is 4.98 Å². The smallest absolute Gasteiger partial charge is 0.124 e. The van der Waals surface area contributed by atoms with Gasteiger partial charge in [0.25, 0.3) is 0 Å². The van der Waals surface area contributed by atoms with Gasteiger partial charge in [-0.1, -0.05) is 136 Å². The third-order valence-corrected chi connectivity index (χ3v) is 10.6. The second-order valence-electron chi connectivity index (χ2n) is 11.7. The minimum absolute atomic E-state index is 0.0902. The number of hydrogen-bond acceptors (Lipinski definition) is 2. The number of rotatable bonds is 12. The van der Waals surface area contributed by atoms with E-state index < -0.39 is 0 Å². The highest BCUT2D eigenvalue weighted by atomic mass is 79.9. The third kappa shape index (κ3) is 5.68. The maximum absolute atomic E-state index is 4.88. The van der Waals surface area contributed by atoms with Crippen molar-refractivity contribution in [2.75, 3.05) is 0 Å². The van der Waals surface area contributed by atoms with Crippen LogP contribution in [0.3, 0.4) is 0 Å². The van der Waals surface area contributed by atoms with E-state index in [2.05, 4.69) is 115 Å². The zero-order valence-corrected chi connectivity index (χ0v) is 26.8. The summed E-state index contributed by atoms with van der Waals surface area (Å²) in [7, 11) is 0. The van der Waals surface area contributed by atoms with Crippen molar-refractivity contribution in [3.8, 4) is 32.8 Å². The van der Waals surface area contributed by atoms with Crippen molar-refractivity contribution in [2.45, 2.75) is 83.5 Å². The minimum Gasteiger partial charge on any atom is -0.236 e. The number of fused-ring (bicyclic) bond motifs is 4. The Labute approximate surface area is 258 Å². The van der Waals surface area contributed by atoms with Gasteiger partial charge in [-0.05, 0) is 76.6 Å². The number of nitrogens with zero attached hydrogens (tertiary/aromatic N) is 1. The molecule has 0 saturated carbocycles. The van der Waals surface area contributed by atoms with E-state index in [1.807, 2.05) is 0 Å². The Morgan fingerprint density at radius 1 is 0.634 bits per heavy atom. The molecule has 0 atom stereocenters. The van der Waals surface area contributed by atoms with Crippen LogP contribution in [0.4, 0.5) is 0 Å². The molecule has 0 radical (unpaired) electrons. The fourth-order valence-corrected chi connectivity index (χ4v) is 8.15. The Kier molecular flexibility index (Phi) is 8.74. The number of hydrogen-bond donors (Lipinski definition) is 0. The van der Waals surface area contributed by atoms with Crippen LogP contribution in [-0.2, 0) is 5.41 Å². The van der Waals surface area contributed by atoms with Gasteiger partial charge in [0.15, 0.2) is 0 Å². The Morgan fingerprint density at radius 2 is 1.24 bits per heavy atom. The summed E-state index contributed by atoms with van der Waals surface area (Å²) in [6, 6.07) is 31.7. The lowest BCUT2D eigenvalue weighted by atomic mass is 9.70. The highest BCUT2D eigenvalue weighted by Gasteiger charge is 2.42. The first-order valence-corrected chi connectivity index (χ1v) is 17.2. The van der Waals surface area contributed by atoms with Crippen molar-refractivity contribution in [1.29, 1.82) is 0 Å². The Morgan fingerprint density at radius 3 is 1.93 bits per heavy atom. The van der Waals surface area contributed by atoms with Gasteiger partial charge >= 0.3 is 0 Å². The molecular weight excluding hydrogens is 582 g/mol. The van der Waals surface area contributed by atoms with Crippen LogP contribution in [0.2, 0.25) is 0 Å². The molecule has 0 fully saturated rings. The summed E-state index contributed by atoms with van der Waals surface area (Å²) in [6.45, 7) is 4.62. The van der Waals surface area contributed by atoms with E-state index in [9.17, 15) is 0 Å². The summed E-state index contributed by atoms with van der Waals surface area (Å²) < 4.78 is 2.44. The predicted octanol–water partition coefficient (Wildman–Crippen LogP) is 12.6. The van der Waals surface area contributed by atoms with Crippen LogP contribution < -0.4 is 0 Å². The number of benzene rings is 4. The van der Waals surface area contributed by atoms with Crippen LogP contribution in [-0.4, -0.2) is 4.98 Å². The molecule has 1 heterocycles. The molecular formula is C38H40BrNS. The number of halogens is 1. The minimum atomic E-state index is 0.0902. The summed E-state index contributed by atoms with van der Waals surface area (Å²) in [5.41, 5.74) is 10.9. The zero-order chi connectivity index (χ0) is 28.2. The molecule has 1 nitrogen and oxygen atoms in total. The van der Waals surface area contributed by atoms with Gasteiger partial charge in [-0.3, -0.25) is 0 Å². The molecule has 4 aromatic carbocycles. The zero-order valence-electron chi connectivity index (χ0n) is 24.4. The van der Waals surface area contributed by atoms with Crippen LogP contribution in [0, 0.1) is 0 Å². The molecule has 1 aliphatic carbocycles. The third-order valence-electron chi connectivity index (χ3n) is 9.00. The molecule has 0 amide bonds. The average Bonchev–Trinajstić information content (AvgIpc) is 3.55. The van der Waals surface area contributed by atoms with E-state index in [-0.39, 0.29) is 5.41 Å². The maximum Gasteiger partial charge on any atom is 0.124 e. The number of para-hydroxylation sites is 1. The standard InChI is InChI=1S/C38H40BrNS/c1-3-5-7-11-23-38(24-12-8-6-4-2)33-25-29(19-21-31(33)32-22-20-30(39)26-34(32)38)27-15-17-28(18-16-27)37-40-35-13-9-10-14-36(35)41-37/h9-10,13-22,25-26H,3-8,11-12,23-24H2,1-2H3.